The van der Waals surface area contributed by atoms with Crippen molar-refractivity contribution in [1.29, 1.82) is 0 Å². The number of aryl methyl sites for hydroxylation is 1. The lowest BCUT2D eigenvalue weighted by Gasteiger charge is -2.30. The van der Waals surface area contributed by atoms with Crippen molar-refractivity contribution < 1.29 is 13.5 Å². The predicted octanol–water partition coefficient (Wildman–Crippen LogP) is 4.98. The Bertz CT molecular complexity index is 960. The second-order valence-corrected chi connectivity index (χ2v) is 7.01. The highest BCUT2D eigenvalue weighted by Crippen LogP contribution is 2.32. The van der Waals surface area contributed by atoms with Crippen LogP contribution in [0.4, 0.5) is 14.5 Å². The molecule has 1 aromatic heterocycles. The number of nitrogens with one attached hydrogen (secondary N) is 1. The van der Waals surface area contributed by atoms with Gasteiger partial charge in [0.15, 0.2) is 0 Å². The average molecular weight is 368 g/mol. The first-order valence-corrected chi connectivity index (χ1v) is 9.05. The summed E-state index contributed by atoms with van der Waals surface area (Å²) in [4.78, 5) is 5.53. The van der Waals surface area contributed by atoms with Gasteiger partial charge in [0.25, 0.3) is 0 Å². The van der Waals surface area contributed by atoms with E-state index in [0.717, 1.165) is 29.8 Å². The molecule has 4 rings (SSSR count). The van der Waals surface area contributed by atoms with E-state index in [1.807, 2.05) is 6.07 Å². The first-order chi connectivity index (χ1) is 13.1. The van der Waals surface area contributed by atoms with Crippen LogP contribution in [0, 0.1) is 18.6 Å². The van der Waals surface area contributed by atoms with Crippen LogP contribution in [0.3, 0.4) is 0 Å². The smallest absolute Gasteiger partial charge is 0.135 e. The molecule has 0 fully saturated rings. The molecule has 0 unspecified atom stereocenters. The number of nitrogens with zero attached hydrogens (tertiary/aromatic N) is 1. The highest BCUT2D eigenvalue weighted by atomic mass is 19.1. The van der Waals surface area contributed by atoms with Crippen LogP contribution in [0.25, 0.3) is 11.3 Å². The average Bonchev–Trinajstić information content (AvgIpc) is 3.04. The number of halogens is 2. The van der Waals surface area contributed by atoms with Gasteiger partial charge in [-0.25, -0.2) is 8.78 Å². The van der Waals surface area contributed by atoms with Crippen molar-refractivity contribution in [3.8, 4) is 11.3 Å². The molecule has 5 heteroatoms. The van der Waals surface area contributed by atoms with E-state index >= 15 is 0 Å². The summed E-state index contributed by atoms with van der Waals surface area (Å²) < 4.78 is 33.4. The van der Waals surface area contributed by atoms with E-state index in [1.54, 1.807) is 7.11 Å². The van der Waals surface area contributed by atoms with Crippen molar-refractivity contribution in [1.82, 2.24) is 4.98 Å². The van der Waals surface area contributed by atoms with Crippen LogP contribution in [-0.2, 0) is 24.3 Å². The number of hydrogen-bond donors (Lipinski definition) is 1. The fourth-order valence-corrected chi connectivity index (χ4v) is 3.86. The summed E-state index contributed by atoms with van der Waals surface area (Å²) in [5.41, 5.74) is 6.18. The van der Waals surface area contributed by atoms with Crippen LogP contribution in [0.2, 0.25) is 0 Å². The zero-order chi connectivity index (χ0) is 19.0. The third-order valence-corrected chi connectivity index (χ3v) is 5.13. The first kappa shape index (κ1) is 17.7. The molecule has 27 heavy (non-hydrogen) atoms. The fraction of sp³-hybridized carbons (Fsp3) is 0.273. The Hall–Kier alpha value is -2.66. The maximum absolute atomic E-state index is 14.1. The summed E-state index contributed by atoms with van der Waals surface area (Å²) in [6.07, 6.45) is 0.810. The number of ether oxygens (including phenoxy) is 1. The number of hydrogen-bond acceptors (Lipinski definition) is 2. The van der Waals surface area contributed by atoms with E-state index in [1.165, 1.54) is 29.4 Å². The SMILES string of the molecule is COCc1ccc(N2CCc3[nH]c(-c4c(F)cccc4F)cc3C2)c(C)c1. The molecule has 1 N–H and O–H groups in total. The van der Waals surface area contributed by atoms with E-state index in [9.17, 15) is 8.78 Å². The van der Waals surface area contributed by atoms with E-state index in [-0.39, 0.29) is 5.56 Å². The first-order valence-electron chi connectivity index (χ1n) is 9.05. The fourth-order valence-electron chi connectivity index (χ4n) is 3.86. The minimum Gasteiger partial charge on any atom is -0.380 e. The van der Waals surface area contributed by atoms with Gasteiger partial charge in [-0.05, 0) is 47.9 Å². The number of anilines is 1. The molecular formula is C22H22F2N2O. The van der Waals surface area contributed by atoms with Crippen molar-refractivity contribution in [2.75, 3.05) is 18.6 Å². The van der Waals surface area contributed by atoms with Gasteiger partial charge in [-0.2, -0.15) is 0 Å². The van der Waals surface area contributed by atoms with Gasteiger partial charge < -0.3 is 14.6 Å². The molecule has 0 saturated carbocycles. The van der Waals surface area contributed by atoms with Crippen LogP contribution < -0.4 is 4.90 Å². The number of benzene rings is 2. The second-order valence-electron chi connectivity index (χ2n) is 7.01. The standard InChI is InChI=1S/C22H22F2N2O/c1-14-10-15(13-27-2)6-7-21(14)26-9-8-19-16(12-26)11-20(25-19)22-17(23)4-3-5-18(22)24/h3-7,10-11,25H,8-9,12-13H2,1-2H3. The summed E-state index contributed by atoms with van der Waals surface area (Å²) in [5.74, 6) is -1.09. The van der Waals surface area contributed by atoms with Crippen LogP contribution in [0.15, 0.2) is 42.5 Å². The number of aromatic amines is 1. The maximum atomic E-state index is 14.1. The van der Waals surface area contributed by atoms with E-state index in [2.05, 4.69) is 35.0 Å². The summed E-state index contributed by atoms with van der Waals surface area (Å²) >= 11 is 0. The number of rotatable bonds is 4. The van der Waals surface area contributed by atoms with E-state index < -0.39 is 11.6 Å². The number of H-pyrrole nitrogens is 1. The summed E-state index contributed by atoms with van der Waals surface area (Å²) in [6, 6.07) is 12.2. The van der Waals surface area contributed by atoms with Gasteiger partial charge in [0.05, 0.1) is 17.9 Å². The lowest BCUT2D eigenvalue weighted by atomic mass is 10.0. The zero-order valence-corrected chi connectivity index (χ0v) is 15.5. The normalized spacial score (nSPS) is 13.7. The monoisotopic (exact) mass is 368 g/mol. The molecule has 0 bridgehead atoms. The van der Waals surface area contributed by atoms with Crippen LogP contribution in [0.5, 0.6) is 0 Å². The van der Waals surface area contributed by atoms with Gasteiger partial charge in [0.1, 0.15) is 11.6 Å². The predicted molar refractivity (Wildman–Crippen MR) is 103 cm³/mol. The Morgan fingerprint density at radius 1 is 1.11 bits per heavy atom. The molecule has 0 spiro atoms. The minimum atomic E-state index is -0.546. The van der Waals surface area contributed by atoms with Crippen LogP contribution >= 0.6 is 0 Å². The molecule has 1 aliphatic rings. The third kappa shape index (κ3) is 3.35. The number of fused-ring (bicyclic) bond motifs is 1. The van der Waals surface area contributed by atoms with Crippen molar-refractivity contribution in [3.63, 3.8) is 0 Å². The number of aromatic nitrogens is 1. The topological polar surface area (TPSA) is 28.3 Å². The van der Waals surface area contributed by atoms with Crippen molar-refractivity contribution in [2.24, 2.45) is 0 Å². The molecule has 0 aliphatic carbocycles. The third-order valence-electron chi connectivity index (χ3n) is 5.13. The Kier molecular flexibility index (Phi) is 4.70. The van der Waals surface area contributed by atoms with Crippen molar-refractivity contribution in [2.45, 2.75) is 26.5 Å². The maximum Gasteiger partial charge on any atom is 0.135 e. The molecular weight excluding hydrogens is 346 g/mol. The molecule has 3 nitrogen and oxygen atoms in total. The Labute approximate surface area is 157 Å². The van der Waals surface area contributed by atoms with Gasteiger partial charge in [0, 0.05) is 38.0 Å². The van der Waals surface area contributed by atoms with Crippen molar-refractivity contribution in [3.05, 3.63) is 76.5 Å². The molecule has 2 aromatic carbocycles. The second kappa shape index (κ2) is 7.16. The molecule has 1 aliphatic heterocycles. The minimum absolute atomic E-state index is 0.0125. The Morgan fingerprint density at radius 3 is 2.59 bits per heavy atom. The van der Waals surface area contributed by atoms with E-state index in [0.29, 0.717) is 18.8 Å². The van der Waals surface area contributed by atoms with Gasteiger partial charge in [-0.1, -0.05) is 18.2 Å². The molecule has 0 atom stereocenters. The molecule has 0 radical (unpaired) electrons. The highest BCUT2D eigenvalue weighted by molar-refractivity contribution is 5.64. The molecule has 3 aromatic rings. The van der Waals surface area contributed by atoms with Gasteiger partial charge in [-0.15, -0.1) is 0 Å². The van der Waals surface area contributed by atoms with Crippen LogP contribution in [-0.4, -0.2) is 18.6 Å². The van der Waals surface area contributed by atoms with Gasteiger partial charge >= 0.3 is 0 Å². The Balaban J connectivity index is 1.62. The molecule has 0 amide bonds. The molecule has 2 heterocycles. The molecule has 140 valence electrons. The zero-order valence-electron chi connectivity index (χ0n) is 15.5. The van der Waals surface area contributed by atoms with Crippen LogP contribution in [0.1, 0.15) is 22.4 Å². The summed E-state index contributed by atoms with van der Waals surface area (Å²) in [5, 5.41) is 0. The quantitative estimate of drug-likeness (QED) is 0.704. The Morgan fingerprint density at radius 2 is 1.89 bits per heavy atom. The van der Waals surface area contributed by atoms with Gasteiger partial charge in [0.2, 0.25) is 0 Å². The number of methoxy groups -OCH3 is 1. The summed E-state index contributed by atoms with van der Waals surface area (Å²) in [7, 11) is 1.69. The highest BCUT2D eigenvalue weighted by Gasteiger charge is 2.22. The van der Waals surface area contributed by atoms with Gasteiger partial charge in [-0.3, -0.25) is 0 Å². The summed E-state index contributed by atoms with van der Waals surface area (Å²) in [6.45, 7) is 4.27. The lowest BCUT2D eigenvalue weighted by Crippen LogP contribution is -2.30. The van der Waals surface area contributed by atoms with E-state index in [4.69, 9.17) is 4.74 Å². The largest absolute Gasteiger partial charge is 0.380 e. The molecule has 0 saturated heterocycles. The lowest BCUT2D eigenvalue weighted by molar-refractivity contribution is 0.185. The van der Waals surface area contributed by atoms with Crippen molar-refractivity contribution >= 4 is 5.69 Å².